The standard InChI is InChI=1S/C13H14N6/c1-9-3-2-4-15-10(9)7-17-12-13-16-5-6-19(13)8-11(14)18-12/h2-6,8H,7,14H2,1H3,(H,17,18). The van der Waals surface area contributed by atoms with Gasteiger partial charge in [-0.1, -0.05) is 6.07 Å². The SMILES string of the molecule is Cc1cccnc1CNc1nc(N)cn2ccnc12. The Bertz CT molecular complexity index is 718. The molecule has 3 rings (SSSR count). The number of nitrogens with zero attached hydrogens (tertiary/aromatic N) is 4. The molecule has 3 N–H and O–H groups in total. The van der Waals surface area contributed by atoms with Crippen molar-refractivity contribution in [1.82, 2.24) is 19.4 Å². The third-order valence-electron chi connectivity index (χ3n) is 2.93. The van der Waals surface area contributed by atoms with E-state index in [4.69, 9.17) is 5.73 Å². The Morgan fingerprint density at radius 2 is 2.21 bits per heavy atom. The molecule has 0 aliphatic carbocycles. The maximum atomic E-state index is 5.77. The maximum Gasteiger partial charge on any atom is 0.180 e. The number of rotatable bonds is 3. The summed E-state index contributed by atoms with van der Waals surface area (Å²) < 4.78 is 1.84. The molecule has 6 nitrogen and oxygen atoms in total. The first-order valence-corrected chi connectivity index (χ1v) is 5.97. The van der Waals surface area contributed by atoms with Gasteiger partial charge in [0, 0.05) is 18.6 Å². The van der Waals surface area contributed by atoms with Crippen molar-refractivity contribution in [2.75, 3.05) is 11.1 Å². The van der Waals surface area contributed by atoms with Crippen LogP contribution in [0, 0.1) is 6.92 Å². The Morgan fingerprint density at radius 1 is 1.32 bits per heavy atom. The van der Waals surface area contributed by atoms with Crippen molar-refractivity contribution in [3.63, 3.8) is 0 Å². The van der Waals surface area contributed by atoms with Gasteiger partial charge in [-0.25, -0.2) is 9.97 Å². The zero-order chi connectivity index (χ0) is 13.2. The number of aryl methyl sites for hydroxylation is 1. The van der Waals surface area contributed by atoms with Gasteiger partial charge in [0.05, 0.1) is 18.4 Å². The summed E-state index contributed by atoms with van der Waals surface area (Å²) in [5.41, 5.74) is 8.64. The second kappa shape index (κ2) is 4.56. The predicted octanol–water partition coefficient (Wildman–Crippen LogP) is 1.63. The summed E-state index contributed by atoms with van der Waals surface area (Å²) in [6.07, 6.45) is 7.07. The van der Waals surface area contributed by atoms with Crippen molar-refractivity contribution < 1.29 is 0 Å². The molecular weight excluding hydrogens is 240 g/mol. The summed E-state index contributed by atoms with van der Waals surface area (Å²) >= 11 is 0. The van der Waals surface area contributed by atoms with E-state index in [0.717, 1.165) is 16.9 Å². The number of nitrogens with one attached hydrogen (secondary N) is 1. The number of nitrogen functional groups attached to an aromatic ring is 1. The largest absolute Gasteiger partial charge is 0.382 e. The molecule has 0 aliphatic rings. The van der Waals surface area contributed by atoms with Crippen molar-refractivity contribution >= 4 is 17.3 Å². The third kappa shape index (κ3) is 2.20. The molecule has 3 aromatic heterocycles. The van der Waals surface area contributed by atoms with Crippen LogP contribution in [0.1, 0.15) is 11.3 Å². The fourth-order valence-electron chi connectivity index (χ4n) is 1.94. The van der Waals surface area contributed by atoms with Crippen LogP contribution in [-0.2, 0) is 6.54 Å². The van der Waals surface area contributed by atoms with E-state index in [0.29, 0.717) is 18.2 Å². The summed E-state index contributed by atoms with van der Waals surface area (Å²) in [4.78, 5) is 12.9. The highest BCUT2D eigenvalue weighted by Crippen LogP contribution is 2.15. The lowest BCUT2D eigenvalue weighted by Crippen LogP contribution is -2.08. The number of nitrogens with two attached hydrogens (primary N) is 1. The second-order valence-electron chi connectivity index (χ2n) is 4.29. The fourth-order valence-corrected chi connectivity index (χ4v) is 1.94. The molecule has 3 aromatic rings. The summed E-state index contributed by atoms with van der Waals surface area (Å²) in [6, 6.07) is 3.95. The minimum absolute atomic E-state index is 0.450. The molecule has 0 saturated carbocycles. The van der Waals surface area contributed by atoms with Gasteiger partial charge < -0.3 is 15.5 Å². The van der Waals surface area contributed by atoms with Crippen molar-refractivity contribution in [1.29, 1.82) is 0 Å². The van der Waals surface area contributed by atoms with E-state index in [1.165, 1.54) is 0 Å². The zero-order valence-corrected chi connectivity index (χ0v) is 10.5. The highest BCUT2D eigenvalue weighted by Gasteiger charge is 2.06. The van der Waals surface area contributed by atoms with Gasteiger partial charge in [0.1, 0.15) is 5.82 Å². The zero-order valence-electron chi connectivity index (χ0n) is 10.5. The van der Waals surface area contributed by atoms with Gasteiger partial charge in [-0.2, -0.15) is 0 Å². The van der Waals surface area contributed by atoms with E-state index in [-0.39, 0.29) is 0 Å². The third-order valence-corrected chi connectivity index (χ3v) is 2.93. The van der Waals surface area contributed by atoms with E-state index in [9.17, 15) is 0 Å². The van der Waals surface area contributed by atoms with E-state index >= 15 is 0 Å². The number of fused-ring (bicyclic) bond motifs is 1. The molecule has 0 unspecified atom stereocenters. The quantitative estimate of drug-likeness (QED) is 0.742. The first-order chi connectivity index (χ1) is 9.24. The molecular formula is C13H14N6. The van der Waals surface area contributed by atoms with Gasteiger partial charge in [-0.3, -0.25) is 4.98 Å². The van der Waals surface area contributed by atoms with Gasteiger partial charge in [-0.05, 0) is 18.6 Å². The molecule has 0 saturated heterocycles. The van der Waals surface area contributed by atoms with Crippen LogP contribution in [0.15, 0.2) is 36.9 Å². The Balaban J connectivity index is 1.90. The lowest BCUT2D eigenvalue weighted by molar-refractivity contribution is 0.999. The van der Waals surface area contributed by atoms with Crippen molar-refractivity contribution in [3.05, 3.63) is 48.2 Å². The summed E-state index contributed by atoms with van der Waals surface area (Å²) in [6.45, 7) is 2.62. The van der Waals surface area contributed by atoms with E-state index in [1.54, 1.807) is 18.6 Å². The lowest BCUT2D eigenvalue weighted by Gasteiger charge is -2.09. The molecule has 6 heteroatoms. The van der Waals surface area contributed by atoms with Crippen LogP contribution in [-0.4, -0.2) is 19.4 Å². The highest BCUT2D eigenvalue weighted by atomic mass is 15.1. The molecule has 0 fully saturated rings. The Hall–Kier alpha value is -2.63. The summed E-state index contributed by atoms with van der Waals surface area (Å²) in [5.74, 6) is 1.11. The van der Waals surface area contributed by atoms with Crippen LogP contribution in [0.2, 0.25) is 0 Å². The van der Waals surface area contributed by atoms with Gasteiger partial charge in [-0.15, -0.1) is 0 Å². The van der Waals surface area contributed by atoms with Crippen LogP contribution in [0.5, 0.6) is 0 Å². The number of pyridine rings is 1. The monoisotopic (exact) mass is 254 g/mol. The first-order valence-electron chi connectivity index (χ1n) is 5.97. The minimum Gasteiger partial charge on any atom is -0.382 e. The topological polar surface area (TPSA) is 81.1 Å². The van der Waals surface area contributed by atoms with Crippen LogP contribution in [0.3, 0.4) is 0 Å². The molecule has 0 atom stereocenters. The number of hydrogen-bond acceptors (Lipinski definition) is 5. The number of anilines is 2. The number of imidazole rings is 1. The molecule has 0 bridgehead atoms. The number of hydrogen-bond donors (Lipinski definition) is 2. The number of aromatic nitrogens is 4. The molecule has 19 heavy (non-hydrogen) atoms. The molecule has 0 radical (unpaired) electrons. The van der Waals surface area contributed by atoms with Crippen molar-refractivity contribution in [2.45, 2.75) is 13.5 Å². The fraction of sp³-hybridized carbons (Fsp3) is 0.154. The van der Waals surface area contributed by atoms with Gasteiger partial charge in [0.2, 0.25) is 0 Å². The van der Waals surface area contributed by atoms with Gasteiger partial charge >= 0.3 is 0 Å². The Kier molecular flexibility index (Phi) is 2.75. The van der Waals surface area contributed by atoms with Gasteiger partial charge in [0.15, 0.2) is 11.5 Å². The van der Waals surface area contributed by atoms with E-state index in [1.807, 2.05) is 29.7 Å². The average Bonchev–Trinajstić information content (AvgIpc) is 2.85. The van der Waals surface area contributed by atoms with Crippen molar-refractivity contribution in [2.24, 2.45) is 0 Å². The van der Waals surface area contributed by atoms with Crippen molar-refractivity contribution in [3.8, 4) is 0 Å². The lowest BCUT2D eigenvalue weighted by atomic mass is 10.2. The first kappa shape index (κ1) is 11.5. The van der Waals surface area contributed by atoms with Crippen LogP contribution < -0.4 is 11.1 Å². The van der Waals surface area contributed by atoms with E-state index in [2.05, 4.69) is 20.3 Å². The van der Waals surface area contributed by atoms with Crippen LogP contribution >= 0.6 is 0 Å². The summed E-state index contributed by atoms with van der Waals surface area (Å²) in [7, 11) is 0. The normalized spacial score (nSPS) is 10.8. The molecule has 3 heterocycles. The van der Waals surface area contributed by atoms with E-state index < -0.39 is 0 Å². The smallest absolute Gasteiger partial charge is 0.180 e. The minimum atomic E-state index is 0.450. The second-order valence-corrected chi connectivity index (χ2v) is 4.29. The maximum absolute atomic E-state index is 5.77. The molecule has 0 aliphatic heterocycles. The molecule has 0 amide bonds. The molecule has 0 aromatic carbocycles. The molecule has 96 valence electrons. The van der Waals surface area contributed by atoms with Crippen LogP contribution in [0.4, 0.5) is 11.6 Å². The average molecular weight is 254 g/mol. The van der Waals surface area contributed by atoms with Gasteiger partial charge in [0.25, 0.3) is 0 Å². The predicted molar refractivity (Wildman–Crippen MR) is 73.7 cm³/mol. The Morgan fingerprint density at radius 3 is 3.05 bits per heavy atom. The Labute approximate surface area is 110 Å². The molecule has 0 spiro atoms. The van der Waals surface area contributed by atoms with Crippen LogP contribution in [0.25, 0.3) is 5.65 Å². The highest BCUT2D eigenvalue weighted by molar-refractivity contribution is 5.64. The summed E-state index contributed by atoms with van der Waals surface area (Å²) in [5, 5.41) is 3.23.